The number of imidazole rings is 1. The second kappa shape index (κ2) is 12.4. The van der Waals surface area contributed by atoms with E-state index in [1.54, 1.807) is 0 Å². The SMILES string of the molecule is Cc1cn([C@@H]2O[C@H](C(O)P(=O)(O)O)[C@@H](O)C2P(=O)(O)O)c(=O)[nH]c1=O.Nc1ncnc2c1ncn2[C@@H]1O[C@H](CO)[C@@H](O)[C@H]1O. The van der Waals surface area contributed by atoms with Crippen LogP contribution in [-0.4, -0.2) is 123 Å². The Morgan fingerprint density at radius 3 is 2.23 bits per heavy atom. The van der Waals surface area contributed by atoms with Gasteiger partial charge in [-0.05, 0) is 6.92 Å². The molecule has 5 rings (SSSR count). The highest BCUT2D eigenvalue weighted by atomic mass is 31.2. The molecule has 5 heterocycles. The van der Waals surface area contributed by atoms with Gasteiger partial charge in [0, 0.05) is 11.8 Å². The Labute approximate surface area is 244 Å². The van der Waals surface area contributed by atoms with Gasteiger partial charge in [-0.1, -0.05) is 0 Å². The number of nitrogens with zero attached hydrogens (tertiary/aromatic N) is 5. The predicted octanol–water partition coefficient (Wildman–Crippen LogP) is -4.83. The highest BCUT2D eigenvalue weighted by molar-refractivity contribution is 7.53. The molecule has 3 aromatic rings. The number of nitrogens with one attached hydrogen (secondary N) is 1. The van der Waals surface area contributed by atoms with Crippen LogP contribution >= 0.6 is 15.2 Å². The fourth-order valence-electron chi connectivity index (χ4n) is 4.66. The summed E-state index contributed by atoms with van der Waals surface area (Å²) < 4.78 is 35.3. The van der Waals surface area contributed by atoms with Gasteiger partial charge in [0.25, 0.3) is 5.56 Å². The second-order valence-corrected chi connectivity index (χ2v) is 13.3. The summed E-state index contributed by atoms with van der Waals surface area (Å²) in [4.78, 5) is 74.0. The number of ether oxygens (including phenoxy) is 2. The molecule has 0 amide bonds. The number of aryl methyl sites for hydroxylation is 1. The number of aromatic amines is 1. The van der Waals surface area contributed by atoms with Crippen LogP contribution in [0.2, 0.25) is 0 Å². The summed E-state index contributed by atoms with van der Waals surface area (Å²) in [6.45, 7) is 0.896. The van der Waals surface area contributed by atoms with Gasteiger partial charge in [-0.15, -0.1) is 0 Å². The molecule has 0 aliphatic carbocycles. The number of nitrogens with two attached hydrogens (primary N) is 1. The summed E-state index contributed by atoms with van der Waals surface area (Å²) in [5.74, 6) is -2.36. The molecule has 3 aromatic heterocycles. The van der Waals surface area contributed by atoms with Crippen LogP contribution in [0.5, 0.6) is 0 Å². The molecule has 0 radical (unpaired) electrons. The Morgan fingerprint density at radius 2 is 1.66 bits per heavy atom. The van der Waals surface area contributed by atoms with E-state index in [0.717, 1.165) is 6.20 Å². The first-order valence-corrected chi connectivity index (χ1v) is 15.7. The van der Waals surface area contributed by atoms with E-state index in [2.05, 4.69) is 15.0 Å². The Balaban J connectivity index is 0.000000208. The molecule has 9 atom stereocenters. The van der Waals surface area contributed by atoms with Crippen LogP contribution in [-0.2, 0) is 18.6 Å². The van der Waals surface area contributed by atoms with Crippen LogP contribution in [0.25, 0.3) is 11.2 Å². The van der Waals surface area contributed by atoms with Crippen molar-refractivity contribution in [2.45, 2.75) is 61.4 Å². The average molecular weight is 669 g/mol. The molecule has 2 aliphatic heterocycles. The lowest BCUT2D eigenvalue weighted by molar-refractivity contribution is -0.0645. The number of nitrogen functional groups attached to an aromatic ring is 1. The van der Waals surface area contributed by atoms with Crippen molar-refractivity contribution >= 4 is 32.2 Å². The largest absolute Gasteiger partial charge is 0.394 e. The first-order valence-electron chi connectivity index (χ1n) is 12.4. The third-order valence-corrected chi connectivity index (χ3v) is 9.22. The van der Waals surface area contributed by atoms with Crippen LogP contribution in [0, 0.1) is 6.92 Å². The van der Waals surface area contributed by atoms with Crippen molar-refractivity contribution in [3.05, 3.63) is 45.3 Å². The molecule has 24 heteroatoms. The molecule has 0 aromatic carbocycles. The molecule has 12 N–H and O–H groups in total. The molecule has 22 nitrogen and oxygen atoms in total. The number of fused-ring (bicyclic) bond motifs is 1. The van der Waals surface area contributed by atoms with Gasteiger partial charge in [-0.3, -0.25) is 28.0 Å². The zero-order chi connectivity index (χ0) is 32.9. The second-order valence-electron chi connectivity index (χ2n) is 9.85. The topological polar surface area (TPSA) is 359 Å². The van der Waals surface area contributed by atoms with E-state index in [1.807, 2.05) is 4.98 Å². The monoisotopic (exact) mass is 669 g/mol. The van der Waals surface area contributed by atoms with Crippen LogP contribution in [0.1, 0.15) is 18.0 Å². The molecule has 0 spiro atoms. The normalized spacial score (nSPS) is 29.9. The highest BCUT2D eigenvalue weighted by Crippen LogP contribution is 2.56. The van der Waals surface area contributed by atoms with Crippen LogP contribution in [0.15, 0.2) is 28.4 Å². The van der Waals surface area contributed by atoms with Gasteiger partial charge in [0.2, 0.25) is 0 Å². The third-order valence-electron chi connectivity index (χ3n) is 6.90. The Hall–Kier alpha value is -2.95. The molecular formula is C20H29N7O15P2. The number of hydrogen-bond acceptors (Lipinski definition) is 15. The summed E-state index contributed by atoms with van der Waals surface area (Å²) in [6.07, 6.45) is -6.68. The first kappa shape index (κ1) is 33.9. The Morgan fingerprint density at radius 1 is 1.00 bits per heavy atom. The van der Waals surface area contributed by atoms with Crippen molar-refractivity contribution in [2.24, 2.45) is 0 Å². The zero-order valence-electron chi connectivity index (χ0n) is 22.3. The smallest absolute Gasteiger partial charge is 0.356 e. The molecule has 2 fully saturated rings. The highest BCUT2D eigenvalue weighted by Gasteiger charge is 2.58. The predicted molar refractivity (Wildman–Crippen MR) is 143 cm³/mol. The quantitative estimate of drug-likeness (QED) is 0.110. The summed E-state index contributed by atoms with van der Waals surface area (Å²) >= 11 is 0. The number of hydrogen-bond donors (Lipinski definition) is 11. The molecule has 0 saturated carbocycles. The molecule has 2 unspecified atom stereocenters. The van der Waals surface area contributed by atoms with E-state index in [-0.39, 0.29) is 11.4 Å². The maximum Gasteiger partial charge on any atom is 0.356 e. The van der Waals surface area contributed by atoms with Gasteiger partial charge < -0.3 is 60.3 Å². The van der Waals surface area contributed by atoms with Gasteiger partial charge in [-0.2, -0.15) is 0 Å². The van der Waals surface area contributed by atoms with E-state index in [0.29, 0.717) is 15.7 Å². The summed E-state index contributed by atoms with van der Waals surface area (Å²) in [6, 6.07) is 0. The standard InChI is InChI=1S/C10H13N5O4.C10H16N2O11P2/c11-8-5-9(13-2-12-8)15(3-14-5)10-7(18)6(17)4(1-16)19-10;1-3-2-12(10(16)11-7(3)14)8-6(24(17,18)19)4(13)5(23-8)9(15)25(20,21)22/h2-4,6-7,10,16-18H,1H2,(H2,11,12,13);2,4-6,8-9,13,15H,1H3,(H,11,14,16)(H2,17,18,19)(H2,20,21,22)/t4-,6-,7-,10-;4-,5+,6?,8-,9?/m11/s1. The molecule has 44 heavy (non-hydrogen) atoms. The molecular weight excluding hydrogens is 640 g/mol. The summed E-state index contributed by atoms with van der Waals surface area (Å²) in [5, 5.41) is 48.4. The fourth-order valence-corrected chi connectivity index (χ4v) is 6.40. The van der Waals surface area contributed by atoms with E-state index in [9.17, 15) is 48.9 Å². The Kier molecular flexibility index (Phi) is 9.60. The van der Waals surface area contributed by atoms with E-state index in [1.165, 1.54) is 24.1 Å². The van der Waals surface area contributed by atoms with Gasteiger partial charge in [0.15, 0.2) is 29.8 Å². The van der Waals surface area contributed by atoms with Crippen LogP contribution < -0.4 is 17.0 Å². The summed E-state index contributed by atoms with van der Waals surface area (Å²) in [7, 11) is -10.4. The van der Waals surface area contributed by atoms with Crippen LogP contribution in [0.4, 0.5) is 5.82 Å². The average Bonchev–Trinajstić information content (AvgIpc) is 3.59. The number of aromatic nitrogens is 6. The minimum absolute atomic E-state index is 0.0267. The fraction of sp³-hybridized carbons (Fsp3) is 0.550. The number of aliphatic hydroxyl groups is 5. The van der Waals surface area contributed by atoms with E-state index in [4.69, 9.17) is 30.1 Å². The lowest BCUT2D eigenvalue weighted by Gasteiger charge is -2.23. The lowest BCUT2D eigenvalue weighted by atomic mass is 10.1. The lowest BCUT2D eigenvalue weighted by Crippen LogP contribution is -2.39. The number of aliphatic hydroxyl groups excluding tert-OH is 5. The van der Waals surface area contributed by atoms with Gasteiger partial charge >= 0.3 is 20.9 Å². The maximum atomic E-state index is 11.9. The minimum Gasteiger partial charge on any atom is -0.394 e. The molecule has 2 aliphatic rings. The third kappa shape index (κ3) is 6.39. The Bertz CT molecular complexity index is 1720. The van der Waals surface area contributed by atoms with Crippen molar-refractivity contribution < 1.29 is 63.7 Å². The minimum atomic E-state index is -5.20. The number of anilines is 1. The summed E-state index contributed by atoms with van der Waals surface area (Å²) in [5.41, 5.74) is 2.42. The van der Waals surface area contributed by atoms with Crippen molar-refractivity contribution in [1.82, 2.24) is 29.1 Å². The van der Waals surface area contributed by atoms with Crippen molar-refractivity contribution in [1.29, 1.82) is 0 Å². The van der Waals surface area contributed by atoms with E-state index < -0.39 is 87.5 Å². The molecule has 244 valence electrons. The van der Waals surface area contributed by atoms with Crippen LogP contribution in [0.3, 0.4) is 0 Å². The molecule has 2 saturated heterocycles. The first-order chi connectivity index (χ1) is 20.4. The van der Waals surface area contributed by atoms with Gasteiger partial charge in [0.1, 0.15) is 48.0 Å². The van der Waals surface area contributed by atoms with Crippen molar-refractivity contribution in [2.75, 3.05) is 12.3 Å². The maximum absolute atomic E-state index is 11.9. The van der Waals surface area contributed by atoms with Crippen molar-refractivity contribution in [3.63, 3.8) is 0 Å². The number of H-pyrrole nitrogens is 1. The zero-order valence-corrected chi connectivity index (χ0v) is 24.1. The van der Waals surface area contributed by atoms with Gasteiger partial charge in [-0.25, -0.2) is 19.7 Å². The molecule has 0 bridgehead atoms. The van der Waals surface area contributed by atoms with E-state index >= 15 is 0 Å². The van der Waals surface area contributed by atoms with Crippen molar-refractivity contribution in [3.8, 4) is 0 Å². The van der Waals surface area contributed by atoms with Gasteiger partial charge in [0.05, 0.1) is 12.9 Å². The number of rotatable bonds is 6.